The molecule has 0 bridgehead atoms. The van der Waals surface area contributed by atoms with Gasteiger partial charge in [0, 0.05) is 59.8 Å². The molecule has 4 aromatic rings. The molecule has 10 heteroatoms. The van der Waals surface area contributed by atoms with E-state index in [1.165, 1.54) is 0 Å². The van der Waals surface area contributed by atoms with Gasteiger partial charge in [-0.2, -0.15) is 14.8 Å². The van der Waals surface area contributed by atoms with E-state index in [2.05, 4.69) is 31.5 Å². The summed E-state index contributed by atoms with van der Waals surface area (Å²) < 4.78 is 1.61. The van der Waals surface area contributed by atoms with E-state index in [1.807, 2.05) is 43.1 Å². The SMILES string of the molecule is CC(C)(CCl)C(O)N1CCC[C@H]1C(=O)NCCc1cc2c(-c3cnn4ncccc34)ccnc2[nH]1. The number of halogens is 1. The number of aliphatic hydroxyl groups excluding tert-OH is 1. The molecule has 184 valence electrons. The Morgan fingerprint density at radius 3 is 3.00 bits per heavy atom. The fourth-order valence-corrected chi connectivity index (χ4v) is 4.95. The largest absolute Gasteiger partial charge is 0.378 e. The van der Waals surface area contributed by atoms with Crippen LogP contribution in [0.2, 0.25) is 0 Å². The highest BCUT2D eigenvalue weighted by atomic mass is 35.5. The highest BCUT2D eigenvalue weighted by Crippen LogP contribution is 2.32. The summed E-state index contributed by atoms with van der Waals surface area (Å²) in [4.78, 5) is 22.7. The molecular weight excluding hydrogens is 466 g/mol. The van der Waals surface area contributed by atoms with E-state index >= 15 is 0 Å². The van der Waals surface area contributed by atoms with Gasteiger partial charge < -0.3 is 15.4 Å². The average Bonchev–Trinajstić information content (AvgIpc) is 3.61. The van der Waals surface area contributed by atoms with Gasteiger partial charge in [0.25, 0.3) is 0 Å². The number of H-pyrrole nitrogens is 1. The molecule has 5 heterocycles. The number of nitrogens with one attached hydrogen (secondary N) is 2. The molecule has 0 aliphatic carbocycles. The second-order valence-electron chi connectivity index (χ2n) is 9.80. The van der Waals surface area contributed by atoms with Crippen molar-refractivity contribution in [1.29, 1.82) is 0 Å². The molecule has 1 aliphatic rings. The molecule has 9 nitrogen and oxygen atoms in total. The molecule has 1 aliphatic heterocycles. The number of rotatable bonds is 8. The normalized spacial score (nSPS) is 17.9. The molecule has 0 radical (unpaired) electrons. The average molecular weight is 496 g/mol. The van der Waals surface area contributed by atoms with Gasteiger partial charge in [0.05, 0.1) is 17.8 Å². The van der Waals surface area contributed by atoms with Crippen LogP contribution in [0.1, 0.15) is 32.4 Å². The van der Waals surface area contributed by atoms with Crippen molar-refractivity contribution in [3.63, 3.8) is 0 Å². The number of aromatic amines is 1. The van der Waals surface area contributed by atoms with Crippen molar-refractivity contribution in [1.82, 2.24) is 35.0 Å². The number of nitrogens with zero attached hydrogens (tertiary/aromatic N) is 5. The van der Waals surface area contributed by atoms with E-state index in [9.17, 15) is 9.90 Å². The number of pyridine rings is 1. The molecule has 1 unspecified atom stereocenters. The lowest BCUT2D eigenvalue weighted by molar-refractivity contribution is -0.134. The molecule has 0 aromatic carbocycles. The molecule has 2 atom stereocenters. The molecule has 1 saturated heterocycles. The van der Waals surface area contributed by atoms with Crippen molar-refractivity contribution in [2.45, 2.75) is 45.4 Å². The number of fused-ring (bicyclic) bond motifs is 2. The first-order valence-corrected chi connectivity index (χ1v) is 12.5. The maximum Gasteiger partial charge on any atom is 0.237 e. The minimum Gasteiger partial charge on any atom is -0.378 e. The zero-order chi connectivity index (χ0) is 24.6. The molecule has 35 heavy (non-hydrogen) atoms. The van der Waals surface area contributed by atoms with E-state index in [-0.39, 0.29) is 11.9 Å². The minimum atomic E-state index is -0.758. The Kier molecular flexibility index (Phi) is 6.48. The van der Waals surface area contributed by atoms with E-state index in [0.29, 0.717) is 25.4 Å². The number of hydrogen-bond donors (Lipinski definition) is 3. The maximum atomic E-state index is 12.9. The number of carbonyl (C=O) groups is 1. The van der Waals surface area contributed by atoms with Crippen LogP contribution in [-0.2, 0) is 11.2 Å². The first-order chi connectivity index (χ1) is 16.9. The zero-order valence-electron chi connectivity index (χ0n) is 19.9. The third-order valence-corrected chi connectivity index (χ3v) is 7.52. The van der Waals surface area contributed by atoms with E-state index in [1.54, 1.807) is 17.0 Å². The predicted molar refractivity (Wildman–Crippen MR) is 135 cm³/mol. The van der Waals surface area contributed by atoms with Crippen LogP contribution in [0.4, 0.5) is 0 Å². The Morgan fingerprint density at radius 2 is 2.17 bits per heavy atom. The number of aliphatic hydroxyl groups is 1. The van der Waals surface area contributed by atoms with Crippen molar-refractivity contribution < 1.29 is 9.90 Å². The van der Waals surface area contributed by atoms with Crippen molar-refractivity contribution in [3.05, 3.63) is 48.5 Å². The maximum absolute atomic E-state index is 12.9. The Bertz CT molecular complexity index is 1350. The van der Waals surface area contributed by atoms with Crippen LogP contribution in [0.5, 0.6) is 0 Å². The van der Waals surface area contributed by atoms with Gasteiger partial charge in [-0.25, -0.2) is 4.98 Å². The van der Waals surface area contributed by atoms with Crippen molar-refractivity contribution in [3.8, 4) is 11.1 Å². The van der Waals surface area contributed by atoms with Gasteiger partial charge in [-0.3, -0.25) is 9.69 Å². The van der Waals surface area contributed by atoms with Gasteiger partial charge in [0.2, 0.25) is 5.91 Å². The number of amides is 1. The summed E-state index contributed by atoms with van der Waals surface area (Å²) in [5.41, 5.74) is 4.24. The summed E-state index contributed by atoms with van der Waals surface area (Å²) in [5.74, 6) is 0.266. The number of hydrogen-bond acceptors (Lipinski definition) is 6. The Hall–Kier alpha value is -3.01. The van der Waals surface area contributed by atoms with E-state index < -0.39 is 11.6 Å². The van der Waals surface area contributed by atoms with Crippen LogP contribution in [-0.4, -0.2) is 71.9 Å². The van der Waals surface area contributed by atoms with Gasteiger partial charge in [0.15, 0.2) is 0 Å². The Labute approximate surface area is 208 Å². The Balaban J connectivity index is 1.27. The zero-order valence-corrected chi connectivity index (χ0v) is 20.7. The topological polar surface area (TPSA) is 111 Å². The molecule has 1 amide bonds. The van der Waals surface area contributed by atoms with Gasteiger partial charge in [0.1, 0.15) is 11.9 Å². The van der Waals surface area contributed by atoms with E-state index in [0.717, 1.165) is 46.2 Å². The quantitative estimate of drug-likeness (QED) is 0.324. The van der Waals surface area contributed by atoms with Crippen molar-refractivity contribution in [2.75, 3.05) is 19.0 Å². The molecule has 3 N–H and O–H groups in total. The van der Waals surface area contributed by atoms with Crippen LogP contribution >= 0.6 is 11.6 Å². The summed E-state index contributed by atoms with van der Waals surface area (Å²) in [5, 5.41) is 23.4. The van der Waals surface area contributed by atoms with E-state index in [4.69, 9.17) is 11.6 Å². The number of carbonyl (C=O) groups excluding carboxylic acids is 1. The molecule has 4 aromatic heterocycles. The lowest BCUT2D eigenvalue weighted by Crippen LogP contribution is -2.53. The van der Waals surface area contributed by atoms with Crippen molar-refractivity contribution in [2.24, 2.45) is 5.41 Å². The van der Waals surface area contributed by atoms with Crippen LogP contribution in [0.25, 0.3) is 27.7 Å². The predicted octanol–water partition coefficient (Wildman–Crippen LogP) is 2.98. The summed E-state index contributed by atoms with van der Waals surface area (Å²) in [6, 6.07) is 7.60. The fraction of sp³-hybridized carbons (Fsp3) is 0.440. The third-order valence-electron chi connectivity index (χ3n) is 6.83. The summed E-state index contributed by atoms with van der Waals surface area (Å²) in [6.45, 7) is 5.01. The minimum absolute atomic E-state index is 0.0549. The number of likely N-dealkylation sites (tertiary alicyclic amines) is 1. The molecule has 1 fully saturated rings. The third kappa shape index (κ3) is 4.51. The van der Waals surface area contributed by atoms with Crippen LogP contribution in [0.15, 0.2) is 42.9 Å². The van der Waals surface area contributed by atoms with Crippen LogP contribution < -0.4 is 5.32 Å². The molecule has 0 spiro atoms. The van der Waals surface area contributed by atoms with Crippen molar-refractivity contribution >= 4 is 34.1 Å². The van der Waals surface area contributed by atoms with Crippen LogP contribution in [0, 0.1) is 5.41 Å². The highest BCUT2D eigenvalue weighted by molar-refractivity contribution is 6.18. The highest BCUT2D eigenvalue weighted by Gasteiger charge is 2.40. The first kappa shape index (κ1) is 23.7. The molecule has 0 saturated carbocycles. The number of aromatic nitrogens is 5. The smallest absolute Gasteiger partial charge is 0.237 e. The van der Waals surface area contributed by atoms with Gasteiger partial charge in [-0.05, 0) is 42.7 Å². The second kappa shape index (κ2) is 9.56. The molecule has 5 rings (SSSR count). The second-order valence-corrected chi connectivity index (χ2v) is 10.1. The van der Waals surface area contributed by atoms with Gasteiger partial charge in [-0.1, -0.05) is 13.8 Å². The van der Waals surface area contributed by atoms with Gasteiger partial charge in [-0.15, -0.1) is 11.6 Å². The monoisotopic (exact) mass is 495 g/mol. The summed E-state index contributed by atoms with van der Waals surface area (Å²) >= 11 is 6.05. The Morgan fingerprint density at radius 1 is 1.31 bits per heavy atom. The summed E-state index contributed by atoms with van der Waals surface area (Å²) in [6.07, 6.45) is 6.79. The fourth-order valence-electron chi connectivity index (χ4n) is 4.81. The number of alkyl halides is 1. The molecular formula is C25H30ClN7O2. The standard InChI is InChI=1S/C25H30ClN7O2/c1-25(2,15-26)24(35)32-12-4-6-21(32)23(34)28-10-7-16-13-18-17(8-11-27-22(18)31-16)19-14-30-33-20(19)5-3-9-29-33/h3,5,8-9,11,13-14,21,24,35H,4,6-7,10,12,15H2,1-2H3,(H,27,31)(H,28,34)/t21-,24?/m0/s1. The van der Waals surface area contributed by atoms with Gasteiger partial charge >= 0.3 is 0 Å². The first-order valence-electron chi connectivity index (χ1n) is 11.9. The van der Waals surface area contributed by atoms with Crippen LogP contribution in [0.3, 0.4) is 0 Å². The lowest BCUT2D eigenvalue weighted by atomic mass is 9.92. The lowest BCUT2D eigenvalue weighted by Gasteiger charge is -2.37. The summed E-state index contributed by atoms with van der Waals surface area (Å²) in [7, 11) is 0.